The molecule has 1 amide bonds. The van der Waals surface area contributed by atoms with Crippen molar-refractivity contribution in [3.05, 3.63) is 59.8 Å². The van der Waals surface area contributed by atoms with Gasteiger partial charge >= 0.3 is 0 Å². The van der Waals surface area contributed by atoms with Crippen LogP contribution in [0.2, 0.25) is 0 Å². The van der Waals surface area contributed by atoms with Crippen molar-refractivity contribution < 1.29 is 19.1 Å². The number of aryl methyl sites for hydroxylation is 1. The van der Waals surface area contributed by atoms with Crippen molar-refractivity contribution in [2.45, 2.75) is 25.9 Å². The van der Waals surface area contributed by atoms with Crippen LogP contribution in [0.3, 0.4) is 0 Å². The average Bonchev–Trinajstić information content (AvgIpc) is 3.33. The molecule has 2 aromatic carbocycles. The summed E-state index contributed by atoms with van der Waals surface area (Å²) in [4.78, 5) is 28.4. The molecule has 0 aliphatic carbocycles. The van der Waals surface area contributed by atoms with Gasteiger partial charge in [0.2, 0.25) is 0 Å². The molecule has 1 unspecified atom stereocenters. The fraction of sp³-hybridized carbons (Fsp3) is 0.273. The Labute approximate surface area is 162 Å². The van der Waals surface area contributed by atoms with E-state index in [1.165, 1.54) is 0 Å². The zero-order chi connectivity index (χ0) is 19.5. The number of ketones is 1. The lowest BCUT2D eigenvalue weighted by atomic mass is 10.1. The Bertz CT molecular complexity index is 1020. The van der Waals surface area contributed by atoms with E-state index in [1.807, 2.05) is 30.3 Å². The number of aromatic nitrogens is 1. The topological polar surface area (TPSA) is 80.4 Å². The molecule has 0 saturated carbocycles. The van der Waals surface area contributed by atoms with Gasteiger partial charge in [0, 0.05) is 35.0 Å². The van der Waals surface area contributed by atoms with E-state index >= 15 is 0 Å². The smallest absolute Gasteiger partial charge is 0.296 e. The molecule has 1 aliphatic heterocycles. The zero-order valence-corrected chi connectivity index (χ0v) is 15.7. The van der Waals surface area contributed by atoms with Crippen LogP contribution >= 0.6 is 0 Å². The van der Waals surface area contributed by atoms with Gasteiger partial charge in [-0.25, -0.2) is 0 Å². The first-order valence-electron chi connectivity index (χ1n) is 9.39. The lowest BCUT2D eigenvalue weighted by molar-refractivity contribution is -0.112. The van der Waals surface area contributed by atoms with Gasteiger partial charge in [0.25, 0.3) is 11.7 Å². The molecule has 3 aromatic rings. The van der Waals surface area contributed by atoms with E-state index in [-0.39, 0.29) is 6.10 Å². The number of rotatable bonds is 6. The third kappa shape index (κ3) is 3.77. The predicted molar refractivity (Wildman–Crippen MR) is 107 cm³/mol. The Morgan fingerprint density at radius 2 is 2.07 bits per heavy atom. The molecule has 0 bridgehead atoms. The second kappa shape index (κ2) is 7.86. The SMILES string of the molecule is Cc1[nH]c2ccccc2c1C(=O)C(=O)Nc1cccc(OCC2CCCO2)c1. The second-order valence-electron chi connectivity index (χ2n) is 6.93. The number of anilines is 1. The van der Waals surface area contributed by atoms with E-state index < -0.39 is 11.7 Å². The maximum absolute atomic E-state index is 12.7. The number of para-hydroxylation sites is 1. The van der Waals surface area contributed by atoms with Crippen LogP contribution in [0.4, 0.5) is 5.69 Å². The number of H-pyrrole nitrogens is 1. The summed E-state index contributed by atoms with van der Waals surface area (Å²) >= 11 is 0. The molecule has 144 valence electrons. The zero-order valence-electron chi connectivity index (χ0n) is 15.7. The van der Waals surface area contributed by atoms with Crippen molar-refractivity contribution in [1.29, 1.82) is 0 Å². The van der Waals surface area contributed by atoms with Gasteiger partial charge in [-0.2, -0.15) is 0 Å². The number of fused-ring (bicyclic) bond motifs is 1. The highest BCUT2D eigenvalue weighted by Gasteiger charge is 2.23. The Hall–Kier alpha value is -3.12. The summed E-state index contributed by atoms with van der Waals surface area (Å²) in [7, 11) is 0. The molecule has 2 heterocycles. The van der Waals surface area contributed by atoms with Crippen LogP contribution in [0.15, 0.2) is 48.5 Å². The molecule has 6 nitrogen and oxygen atoms in total. The van der Waals surface area contributed by atoms with Crippen molar-refractivity contribution in [2.75, 3.05) is 18.5 Å². The van der Waals surface area contributed by atoms with Gasteiger partial charge in [0.1, 0.15) is 12.4 Å². The molecule has 1 aromatic heterocycles. The summed E-state index contributed by atoms with van der Waals surface area (Å²) in [6.45, 7) is 3.05. The Kier molecular flexibility index (Phi) is 5.12. The van der Waals surface area contributed by atoms with Gasteiger partial charge in [-0.3, -0.25) is 9.59 Å². The molecule has 6 heteroatoms. The summed E-state index contributed by atoms with van der Waals surface area (Å²) in [5, 5.41) is 3.42. The number of amides is 1. The number of carbonyl (C=O) groups is 2. The highest BCUT2D eigenvalue weighted by Crippen LogP contribution is 2.24. The predicted octanol–water partition coefficient (Wildman–Crippen LogP) is 3.86. The average molecular weight is 378 g/mol. The van der Waals surface area contributed by atoms with Crippen molar-refractivity contribution in [1.82, 2.24) is 4.98 Å². The molecule has 0 spiro atoms. The highest BCUT2D eigenvalue weighted by atomic mass is 16.5. The quantitative estimate of drug-likeness (QED) is 0.504. The lowest BCUT2D eigenvalue weighted by Gasteiger charge is -2.12. The minimum atomic E-state index is -0.677. The number of hydrogen-bond donors (Lipinski definition) is 2. The van der Waals surface area contributed by atoms with Gasteiger partial charge in [-0.15, -0.1) is 0 Å². The minimum absolute atomic E-state index is 0.115. The third-order valence-corrected chi connectivity index (χ3v) is 4.88. The maximum Gasteiger partial charge on any atom is 0.296 e. The molecule has 1 fully saturated rings. The fourth-order valence-corrected chi connectivity index (χ4v) is 3.50. The van der Waals surface area contributed by atoms with Crippen LogP contribution in [0, 0.1) is 6.92 Å². The Balaban J connectivity index is 1.46. The maximum atomic E-state index is 12.7. The van der Waals surface area contributed by atoms with Crippen LogP contribution in [0.1, 0.15) is 28.9 Å². The minimum Gasteiger partial charge on any atom is -0.491 e. The van der Waals surface area contributed by atoms with Crippen LogP contribution in [0.5, 0.6) is 5.75 Å². The number of ether oxygens (including phenoxy) is 2. The standard InChI is InChI=1S/C22H22N2O4/c1-14-20(18-9-2-3-10-19(18)23-14)21(25)22(26)24-15-6-4-7-16(12-15)28-13-17-8-5-11-27-17/h2-4,6-7,9-10,12,17,23H,5,8,11,13H2,1H3,(H,24,26). The first kappa shape index (κ1) is 18.3. The summed E-state index contributed by atoms with van der Waals surface area (Å²) in [5.41, 5.74) is 2.43. The van der Waals surface area contributed by atoms with E-state index in [4.69, 9.17) is 9.47 Å². The van der Waals surface area contributed by atoms with E-state index in [1.54, 1.807) is 25.1 Å². The fourth-order valence-electron chi connectivity index (χ4n) is 3.50. The molecule has 1 aliphatic rings. The summed E-state index contributed by atoms with van der Waals surface area (Å²) in [6.07, 6.45) is 2.17. The van der Waals surface area contributed by atoms with Crippen LogP contribution in [-0.2, 0) is 9.53 Å². The first-order valence-corrected chi connectivity index (χ1v) is 9.39. The molecule has 4 rings (SSSR count). The van der Waals surface area contributed by atoms with Crippen LogP contribution < -0.4 is 10.1 Å². The van der Waals surface area contributed by atoms with Gasteiger partial charge in [0.15, 0.2) is 0 Å². The summed E-state index contributed by atoms with van der Waals surface area (Å²) in [6, 6.07) is 14.5. The molecule has 1 saturated heterocycles. The van der Waals surface area contributed by atoms with Gasteiger partial charge < -0.3 is 19.8 Å². The van der Waals surface area contributed by atoms with Crippen LogP contribution in [0.25, 0.3) is 10.9 Å². The first-order chi connectivity index (χ1) is 13.6. The second-order valence-corrected chi connectivity index (χ2v) is 6.93. The number of carbonyl (C=O) groups excluding carboxylic acids is 2. The van der Waals surface area contributed by atoms with Crippen molar-refractivity contribution >= 4 is 28.3 Å². The number of Topliss-reactive ketones (excluding diaryl/α,β-unsaturated/α-hetero) is 1. The largest absolute Gasteiger partial charge is 0.491 e. The third-order valence-electron chi connectivity index (χ3n) is 4.88. The van der Waals surface area contributed by atoms with E-state index in [2.05, 4.69) is 10.3 Å². The monoisotopic (exact) mass is 378 g/mol. The lowest BCUT2D eigenvalue weighted by Crippen LogP contribution is -2.23. The number of benzene rings is 2. The van der Waals surface area contributed by atoms with Crippen molar-refractivity contribution in [3.8, 4) is 5.75 Å². The van der Waals surface area contributed by atoms with Gasteiger partial charge in [-0.1, -0.05) is 24.3 Å². The van der Waals surface area contributed by atoms with E-state index in [0.717, 1.165) is 30.4 Å². The summed E-state index contributed by atoms with van der Waals surface area (Å²) in [5.74, 6) is -0.617. The molecule has 28 heavy (non-hydrogen) atoms. The number of hydrogen-bond acceptors (Lipinski definition) is 4. The Morgan fingerprint density at radius 1 is 1.21 bits per heavy atom. The molecule has 0 radical (unpaired) electrons. The molecular formula is C22H22N2O4. The molecule has 2 N–H and O–H groups in total. The molecule has 1 atom stereocenters. The van der Waals surface area contributed by atoms with Crippen molar-refractivity contribution in [3.63, 3.8) is 0 Å². The van der Waals surface area contributed by atoms with Crippen molar-refractivity contribution in [2.24, 2.45) is 0 Å². The number of nitrogens with one attached hydrogen (secondary N) is 2. The highest BCUT2D eigenvalue weighted by molar-refractivity contribution is 6.48. The van der Waals surface area contributed by atoms with Crippen LogP contribution in [-0.4, -0.2) is 36.0 Å². The van der Waals surface area contributed by atoms with E-state index in [9.17, 15) is 9.59 Å². The Morgan fingerprint density at radius 3 is 2.89 bits per heavy atom. The van der Waals surface area contributed by atoms with Gasteiger partial charge in [0.05, 0.1) is 11.7 Å². The summed E-state index contributed by atoms with van der Waals surface area (Å²) < 4.78 is 11.3. The normalized spacial score (nSPS) is 16.2. The van der Waals surface area contributed by atoms with E-state index in [0.29, 0.717) is 29.3 Å². The van der Waals surface area contributed by atoms with Gasteiger partial charge in [-0.05, 0) is 38.0 Å². The number of aromatic amines is 1. The molecular weight excluding hydrogens is 356 g/mol.